The van der Waals surface area contributed by atoms with Crippen LogP contribution in [-0.4, -0.2) is 19.9 Å². The first-order valence-electron chi connectivity index (χ1n) is 4.94. The van der Waals surface area contributed by atoms with Gasteiger partial charge in [-0.15, -0.1) is 11.3 Å². The quantitative estimate of drug-likeness (QED) is 0.948. The highest BCUT2D eigenvalue weighted by atomic mass is 79.9. The van der Waals surface area contributed by atoms with Crippen molar-refractivity contribution in [3.63, 3.8) is 0 Å². The van der Waals surface area contributed by atoms with E-state index >= 15 is 0 Å². The van der Waals surface area contributed by atoms with Crippen LogP contribution in [0.3, 0.4) is 0 Å². The Balaban J connectivity index is 2.44. The van der Waals surface area contributed by atoms with Crippen molar-refractivity contribution < 1.29 is 5.11 Å². The number of hydrogen-bond acceptors (Lipinski definition) is 4. The minimum absolute atomic E-state index is 0.663. The molecule has 0 aromatic carbocycles. The van der Waals surface area contributed by atoms with E-state index in [4.69, 9.17) is 0 Å². The van der Waals surface area contributed by atoms with E-state index in [2.05, 4.69) is 26.0 Å². The summed E-state index contributed by atoms with van der Waals surface area (Å²) < 4.78 is 2.61. The lowest BCUT2D eigenvalue weighted by atomic mass is 10.2. The summed E-state index contributed by atoms with van der Waals surface area (Å²) in [6, 6.07) is 0. The van der Waals surface area contributed by atoms with Gasteiger partial charge in [0.1, 0.15) is 6.10 Å². The molecule has 0 saturated carbocycles. The largest absolute Gasteiger partial charge is 0.381 e. The van der Waals surface area contributed by atoms with Crippen LogP contribution < -0.4 is 0 Å². The van der Waals surface area contributed by atoms with Gasteiger partial charge in [0.2, 0.25) is 0 Å². The predicted molar refractivity (Wildman–Crippen MR) is 66.5 cm³/mol. The van der Waals surface area contributed by atoms with Crippen molar-refractivity contribution in [2.45, 2.75) is 26.5 Å². The molecule has 2 rings (SSSR count). The Labute approximate surface area is 106 Å². The molecule has 2 aromatic heterocycles. The highest BCUT2D eigenvalue weighted by Crippen LogP contribution is 2.32. The van der Waals surface area contributed by atoms with Gasteiger partial charge in [0.05, 0.1) is 32.4 Å². The maximum absolute atomic E-state index is 10.3. The average molecular weight is 302 g/mol. The Morgan fingerprint density at radius 3 is 2.94 bits per heavy atom. The van der Waals surface area contributed by atoms with Crippen molar-refractivity contribution in [3.8, 4) is 0 Å². The van der Waals surface area contributed by atoms with Gasteiger partial charge < -0.3 is 5.11 Å². The van der Waals surface area contributed by atoms with Crippen LogP contribution in [0.1, 0.15) is 29.3 Å². The Hall–Kier alpha value is -0.720. The van der Waals surface area contributed by atoms with Crippen molar-refractivity contribution in [2.24, 2.45) is 0 Å². The molecule has 2 aromatic rings. The minimum Gasteiger partial charge on any atom is -0.381 e. The second kappa shape index (κ2) is 4.65. The molecule has 86 valence electrons. The summed E-state index contributed by atoms with van der Waals surface area (Å²) in [5, 5.41) is 14.5. The van der Waals surface area contributed by atoms with Gasteiger partial charge >= 0.3 is 0 Å². The summed E-state index contributed by atoms with van der Waals surface area (Å²) in [5.41, 5.74) is 3.40. The maximum atomic E-state index is 10.3. The normalized spacial score (nSPS) is 13.0. The standard InChI is InChI=1S/C10H12BrN3OS/c1-3-14-8(7(11)4-13-14)9(15)10-6(2)12-5-16-10/h4-5,9,15H,3H2,1-2H3. The molecule has 0 fully saturated rings. The number of halogens is 1. The van der Waals surface area contributed by atoms with Crippen LogP contribution >= 0.6 is 27.3 Å². The van der Waals surface area contributed by atoms with Crippen LogP contribution in [0, 0.1) is 6.92 Å². The lowest BCUT2D eigenvalue weighted by molar-refractivity contribution is 0.210. The number of aliphatic hydroxyl groups is 1. The van der Waals surface area contributed by atoms with Gasteiger partial charge in [0.25, 0.3) is 0 Å². The molecule has 1 unspecified atom stereocenters. The van der Waals surface area contributed by atoms with Crippen LogP contribution in [0.5, 0.6) is 0 Å². The first-order chi connectivity index (χ1) is 7.65. The fourth-order valence-corrected chi connectivity index (χ4v) is 2.89. The number of nitrogens with zero attached hydrogens (tertiary/aromatic N) is 3. The van der Waals surface area contributed by atoms with Gasteiger partial charge in [-0.3, -0.25) is 4.68 Å². The zero-order valence-corrected chi connectivity index (χ0v) is 11.4. The number of aryl methyl sites for hydroxylation is 2. The lowest BCUT2D eigenvalue weighted by Gasteiger charge is -2.12. The van der Waals surface area contributed by atoms with Gasteiger partial charge in [-0.05, 0) is 29.8 Å². The summed E-state index contributed by atoms with van der Waals surface area (Å²) in [6.07, 6.45) is 1.04. The summed E-state index contributed by atoms with van der Waals surface area (Å²) in [6.45, 7) is 4.63. The smallest absolute Gasteiger partial charge is 0.133 e. The number of aromatic nitrogens is 3. The maximum Gasteiger partial charge on any atom is 0.133 e. The summed E-state index contributed by atoms with van der Waals surface area (Å²) in [5.74, 6) is 0. The molecule has 16 heavy (non-hydrogen) atoms. The fraction of sp³-hybridized carbons (Fsp3) is 0.400. The number of thiazole rings is 1. The molecule has 0 amide bonds. The Kier molecular flexibility index (Phi) is 3.41. The lowest BCUT2D eigenvalue weighted by Crippen LogP contribution is -2.09. The van der Waals surface area contributed by atoms with Gasteiger partial charge in [-0.25, -0.2) is 4.98 Å². The second-order valence-corrected chi connectivity index (χ2v) is 5.14. The van der Waals surface area contributed by atoms with Crippen molar-refractivity contribution >= 4 is 27.3 Å². The molecule has 0 saturated heterocycles. The molecule has 1 atom stereocenters. The fourth-order valence-electron chi connectivity index (χ4n) is 1.59. The van der Waals surface area contributed by atoms with Gasteiger partial charge in [-0.1, -0.05) is 0 Å². The van der Waals surface area contributed by atoms with E-state index in [0.717, 1.165) is 27.3 Å². The summed E-state index contributed by atoms with van der Waals surface area (Å²) >= 11 is 4.87. The molecule has 1 N–H and O–H groups in total. The SMILES string of the molecule is CCn1ncc(Br)c1C(O)c1scnc1C. The molecular formula is C10H12BrN3OS. The van der Waals surface area contributed by atoms with Gasteiger partial charge in [-0.2, -0.15) is 5.10 Å². The first kappa shape index (κ1) is 11.8. The third kappa shape index (κ3) is 1.92. The van der Waals surface area contributed by atoms with Crippen molar-refractivity contribution in [3.05, 3.63) is 32.4 Å². The Morgan fingerprint density at radius 1 is 1.62 bits per heavy atom. The molecule has 4 nitrogen and oxygen atoms in total. The molecule has 0 radical (unpaired) electrons. The minimum atomic E-state index is -0.663. The van der Waals surface area contributed by atoms with Crippen LogP contribution in [0.25, 0.3) is 0 Å². The van der Waals surface area contributed by atoms with Crippen molar-refractivity contribution in [1.82, 2.24) is 14.8 Å². The Bertz CT molecular complexity index is 494. The average Bonchev–Trinajstić information content (AvgIpc) is 2.83. The van der Waals surface area contributed by atoms with E-state index in [0.29, 0.717) is 0 Å². The van der Waals surface area contributed by atoms with Crippen molar-refractivity contribution in [2.75, 3.05) is 0 Å². The predicted octanol–water partition coefficient (Wildman–Crippen LogP) is 2.51. The zero-order chi connectivity index (χ0) is 11.7. The second-order valence-electron chi connectivity index (χ2n) is 3.40. The molecule has 0 aliphatic heterocycles. The van der Waals surface area contributed by atoms with E-state index < -0.39 is 6.10 Å². The number of rotatable bonds is 3. The van der Waals surface area contributed by atoms with Gasteiger partial charge in [0, 0.05) is 6.54 Å². The molecule has 0 bridgehead atoms. The van der Waals surface area contributed by atoms with E-state index in [1.807, 2.05) is 13.8 Å². The highest BCUT2D eigenvalue weighted by Gasteiger charge is 2.22. The first-order valence-corrected chi connectivity index (χ1v) is 6.61. The van der Waals surface area contributed by atoms with Crippen molar-refractivity contribution in [1.29, 1.82) is 0 Å². The van der Waals surface area contributed by atoms with E-state index in [9.17, 15) is 5.11 Å². The molecule has 0 aliphatic carbocycles. The van der Waals surface area contributed by atoms with E-state index in [-0.39, 0.29) is 0 Å². The van der Waals surface area contributed by atoms with Crippen LogP contribution in [0.15, 0.2) is 16.2 Å². The van der Waals surface area contributed by atoms with Gasteiger partial charge in [0.15, 0.2) is 0 Å². The topological polar surface area (TPSA) is 50.9 Å². The van der Waals surface area contributed by atoms with E-state index in [1.54, 1.807) is 16.4 Å². The Morgan fingerprint density at radius 2 is 2.38 bits per heavy atom. The zero-order valence-electron chi connectivity index (χ0n) is 9.01. The van der Waals surface area contributed by atoms with Crippen LogP contribution in [0.2, 0.25) is 0 Å². The van der Waals surface area contributed by atoms with E-state index in [1.165, 1.54) is 11.3 Å². The molecular weight excluding hydrogens is 290 g/mol. The summed E-state index contributed by atoms with van der Waals surface area (Å²) in [4.78, 5) is 5.02. The molecule has 0 aliphatic rings. The highest BCUT2D eigenvalue weighted by molar-refractivity contribution is 9.10. The third-order valence-electron chi connectivity index (χ3n) is 2.42. The monoisotopic (exact) mass is 301 g/mol. The van der Waals surface area contributed by atoms with Crippen LogP contribution in [-0.2, 0) is 6.54 Å². The number of aliphatic hydroxyl groups excluding tert-OH is 1. The number of hydrogen-bond donors (Lipinski definition) is 1. The third-order valence-corrected chi connectivity index (χ3v) is 4.02. The molecule has 6 heteroatoms. The molecule has 2 heterocycles. The summed E-state index contributed by atoms with van der Waals surface area (Å²) in [7, 11) is 0. The molecule has 0 spiro atoms. The van der Waals surface area contributed by atoms with Crippen LogP contribution in [0.4, 0.5) is 0 Å².